The summed E-state index contributed by atoms with van der Waals surface area (Å²) in [5, 5.41) is 4.83. The zero-order chi connectivity index (χ0) is 43.2. The molecule has 3 aromatic heterocycles. The molecule has 65 heavy (non-hydrogen) atoms. The van der Waals surface area contributed by atoms with Crippen molar-refractivity contribution in [1.82, 2.24) is 24.1 Å². The minimum atomic E-state index is -0.102. The molecule has 1 aliphatic carbocycles. The van der Waals surface area contributed by atoms with E-state index in [0.717, 1.165) is 44.5 Å². The average molecular weight is 832 g/mol. The van der Waals surface area contributed by atoms with Gasteiger partial charge in [0.25, 0.3) is 0 Å². The topological polar surface area (TPSA) is 48.5 Å². The third-order valence-electron chi connectivity index (χ3n) is 13.5. The molecule has 0 amide bonds. The predicted octanol–water partition coefficient (Wildman–Crippen LogP) is 15.0. The van der Waals surface area contributed by atoms with Crippen molar-refractivity contribution < 1.29 is 0 Å². The van der Waals surface area contributed by atoms with E-state index >= 15 is 0 Å². The van der Waals surface area contributed by atoms with Gasteiger partial charge >= 0.3 is 0 Å². The van der Waals surface area contributed by atoms with Gasteiger partial charge in [0.15, 0.2) is 17.5 Å². The van der Waals surface area contributed by atoms with E-state index in [0.29, 0.717) is 17.5 Å². The fourth-order valence-corrected chi connectivity index (χ4v) is 10.4. The lowest BCUT2D eigenvalue weighted by Crippen LogP contribution is -2.15. The van der Waals surface area contributed by atoms with Crippen LogP contribution in [0.5, 0.6) is 0 Å². The van der Waals surface area contributed by atoms with Gasteiger partial charge in [-0.2, -0.15) is 0 Å². The third kappa shape index (κ3) is 5.82. The Balaban J connectivity index is 0.989. The number of aromatic nitrogens is 5. The summed E-state index contributed by atoms with van der Waals surface area (Å²) >= 11 is 0. The monoisotopic (exact) mass is 831 g/mol. The number of para-hydroxylation sites is 2. The van der Waals surface area contributed by atoms with Crippen LogP contribution in [0.4, 0.5) is 0 Å². The minimum absolute atomic E-state index is 0.102. The first-order chi connectivity index (χ1) is 32.0. The van der Waals surface area contributed by atoms with E-state index < -0.39 is 0 Å². The largest absolute Gasteiger partial charge is 0.309 e. The average Bonchev–Trinajstić information content (AvgIpc) is 3.95. The number of rotatable bonds is 6. The number of benzene rings is 9. The van der Waals surface area contributed by atoms with E-state index in [-0.39, 0.29) is 5.41 Å². The Morgan fingerprint density at radius 1 is 0.308 bits per heavy atom. The highest BCUT2D eigenvalue weighted by atomic mass is 15.0. The summed E-state index contributed by atoms with van der Waals surface area (Å²) in [6, 6.07) is 76.0. The van der Waals surface area contributed by atoms with Gasteiger partial charge in [-0.05, 0) is 88.0 Å². The van der Waals surface area contributed by atoms with Crippen LogP contribution in [0.25, 0.3) is 111 Å². The lowest BCUT2D eigenvalue weighted by atomic mass is 9.82. The highest BCUT2D eigenvalue weighted by molar-refractivity contribution is 6.19. The number of hydrogen-bond acceptors (Lipinski definition) is 3. The second kappa shape index (κ2) is 14.3. The van der Waals surface area contributed by atoms with Crippen LogP contribution in [0.15, 0.2) is 212 Å². The molecular weight excluding hydrogens is 791 g/mol. The van der Waals surface area contributed by atoms with Crippen molar-refractivity contribution in [2.45, 2.75) is 19.3 Å². The summed E-state index contributed by atoms with van der Waals surface area (Å²) in [5.41, 5.74) is 17.2. The van der Waals surface area contributed by atoms with Crippen LogP contribution < -0.4 is 0 Å². The van der Waals surface area contributed by atoms with Crippen LogP contribution >= 0.6 is 0 Å². The van der Waals surface area contributed by atoms with Gasteiger partial charge in [0.05, 0.1) is 22.1 Å². The van der Waals surface area contributed by atoms with Crippen LogP contribution in [-0.2, 0) is 5.41 Å². The molecule has 306 valence electrons. The molecule has 0 N–H and O–H groups in total. The van der Waals surface area contributed by atoms with Crippen LogP contribution in [-0.4, -0.2) is 24.1 Å². The lowest BCUT2D eigenvalue weighted by molar-refractivity contribution is 0.660. The SMILES string of the molecule is CC1(C)c2ccccc2-c2ccc(-n3c4ccccc4c4cc5c(cc43)c3ccccc3n5-c3cccc(-c4nc(-c5ccccc5)nc(-c5cccc(-c6ccccc6)c5)n4)c3)cc21. The standard InChI is InChI=1S/C60H41N5/c1-60(2)51-28-12-9-25-45(51)46-32-31-44(35-52(46)60)65-54-30-14-11-27-48(54)50-36-55-49(37-56(50)65)47-26-10-13-29-53(47)64(55)43-24-16-23-42(34-43)59-62-57(39-19-7-4-8-20-39)61-58(63-59)41-22-15-21-40(33-41)38-17-5-3-6-18-38/h3-37H,1-2H3. The molecule has 13 rings (SSSR count). The molecule has 0 spiro atoms. The number of hydrogen-bond donors (Lipinski definition) is 0. The molecule has 12 aromatic rings. The van der Waals surface area contributed by atoms with Gasteiger partial charge in [0.1, 0.15) is 0 Å². The molecule has 3 heterocycles. The third-order valence-corrected chi connectivity index (χ3v) is 13.5. The summed E-state index contributed by atoms with van der Waals surface area (Å²) < 4.78 is 4.87. The van der Waals surface area contributed by atoms with Crippen molar-refractivity contribution >= 4 is 43.6 Å². The van der Waals surface area contributed by atoms with Gasteiger partial charge in [-0.1, -0.05) is 172 Å². The molecule has 0 atom stereocenters. The summed E-state index contributed by atoms with van der Waals surface area (Å²) in [4.78, 5) is 15.4. The Morgan fingerprint density at radius 2 is 0.785 bits per heavy atom. The van der Waals surface area contributed by atoms with Crippen molar-refractivity contribution in [1.29, 1.82) is 0 Å². The predicted molar refractivity (Wildman–Crippen MR) is 268 cm³/mol. The molecule has 5 nitrogen and oxygen atoms in total. The Hall–Kier alpha value is -8.41. The molecule has 0 bridgehead atoms. The van der Waals surface area contributed by atoms with Gasteiger partial charge in [0, 0.05) is 55.0 Å². The van der Waals surface area contributed by atoms with Crippen LogP contribution in [0.3, 0.4) is 0 Å². The van der Waals surface area contributed by atoms with Crippen molar-refractivity contribution in [2.24, 2.45) is 0 Å². The van der Waals surface area contributed by atoms with E-state index in [1.165, 1.54) is 60.5 Å². The summed E-state index contributed by atoms with van der Waals surface area (Å²) in [7, 11) is 0. The van der Waals surface area contributed by atoms with Crippen molar-refractivity contribution in [3.8, 4) is 67.8 Å². The summed E-state index contributed by atoms with van der Waals surface area (Å²) in [5.74, 6) is 1.88. The zero-order valence-electron chi connectivity index (χ0n) is 35.9. The number of fused-ring (bicyclic) bond motifs is 9. The normalized spacial score (nSPS) is 12.9. The van der Waals surface area contributed by atoms with Gasteiger partial charge in [-0.3, -0.25) is 0 Å². The van der Waals surface area contributed by atoms with Crippen LogP contribution in [0, 0.1) is 0 Å². The Kier molecular flexibility index (Phi) is 8.18. The highest BCUT2D eigenvalue weighted by Gasteiger charge is 2.35. The smallest absolute Gasteiger partial charge is 0.164 e. The zero-order valence-corrected chi connectivity index (χ0v) is 35.9. The first-order valence-corrected chi connectivity index (χ1v) is 22.3. The molecule has 1 aliphatic rings. The second-order valence-electron chi connectivity index (χ2n) is 17.7. The van der Waals surface area contributed by atoms with Gasteiger partial charge in [-0.15, -0.1) is 0 Å². The van der Waals surface area contributed by atoms with Crippen LogP contribution in [0.2, 0.25) is 0 Å². The van der Waals surface area contributed by atoms with Crippen molar-refractivity contribution in [3.63, 3.8) is 0 Å². The minimum Gasteiger partial charge on any atom is -0.309 e. The molecule has 0 fully saturated rings. The maximum Gasteiger partial charge on any atom is 0.164 e. The Bertz CT molecular complexity index is 3860. The van der Waals surface area contributed by atoms with Crippen LogP contribution in [0.1, 0.15) is 25.0 Å². The molecule has 0 saturated heterocycles. The second-order valence-corrected chi connectivity index (χ2v) is 17.7. The molecule has 0 saturated carbocycles. The molecule has 0 unspecified atom stereocenters. The lowest BCUT2D eigenvalue weighted by Gasteiger charge is -2.22. The fourth-order valence-electron chi connectivity index (χ4n) is 10.4. The maximum absolute atomic E-state index is 5.20. The Morgan fingerprint density at radius 3 is 1.45 bits per heavy atom. The van der Waals surface area contributed by atoms with Crippen molar-refractivity contribution in [3.05, 3.63) is 223 Å². The quantitative estimate of drug-likeness (QED) is 0.168. The molecule has 5 heteroatoms. The molecule has 0 radical (unpaired) electrons. The molecule has 9 aromatic carbocycles. The summed E-state index contributed by atoms with van der Waals surface area (Å²) in [6.45, 7) is 4.71. The Labute approximate surface area is 376 Å². The van der Waals surface area contributed by atoms with Crippen molar-refractivity contribution in [2.75, 3.05) is 0 Å². The first kappa shape index (κ1) is 37.2. The maximum atomic E-state index is 5.20. The highest BCUT2D eigenvalue weighted by Crippen LogP contribution is 2.50. The van der Waals surface area contributed by atoms with E-state index in [4.69, 9.17) is 15.0 Å². The van der Waals surface area contributed by atoms with E-state index in [1.54, 1.807) is 0 Å². The molecular formula is C60H41N5. The van der Waals surface area contributed by atoms with E-state index in [9.17, 15) is 0 Å². The van der Waals surface area contributed by atoms with Gasteiger partial charge in [-0.25, -0.2) is 15.0 Å². The fraction of sp³-hybridized carbons (Fsp3) is 0.0500. The number of nitrogens with zero attached hydrogens (tertiary/aromatic N) is 5. The van der Waals surface area contributed by atoms with Gasteiger partial charge < -0.3 is 9.13 Å². The van der Waals surface area contributed by atoms with Gasteiger partial charge in [0.2, 0.25) is 0 Å². The van der Waals surface area contributed by atoms with E-state index in [2.05, 4.69) is 211 Å². The summed E-state index contributed by atoms with van der Waals surface area (Å²) in [6.07, 6.45) is 0. The molecule has 0 aliphatic heterocycles. The first-order valence-electron chi connectivity index (χ1n) is 22.3. The van der Waals surface area contributed by atoms with E-state index in [1.807, 2.05) is 24.3 Å².